The highest BCUT2D eigenvalue weighted by Crippen LogP contribution is 2.31. The number of carbonyl (C=O) groups is 4. The van der Waals surface area contributed by atoms with Gasteiger partial charge in [-0.15, -0.1) is 0 Å². The van der Waals surface area contributed by atoms with E-state index in [1.165, 1.54) is 12.1 Å². The van der Waals surface area contributed by atoms with Crippen LogP contribution < -0.4 is 20.7 Å². The molecule has 0 fully saturated rings. The lowest BCUT2D eigenvalue weighted by Gasteiger charge is -2.32. The van der Waals surface area contributed by atoms with Crippen LogP contribution in [0.5, 0.6) is 5.75 Å². The second kappa shape index (κ2) is 18.5. The highest BCUT2D eigenvalue weighted by Gasteiger charge is 2.32. The van der Waals surface area contributed by atoms with Gasteiger partial charge in [-0.25, -0.2) is 9.90 Å². The molecule has 45 heavy (non-hydrogen) atoms. The van der Waals surface area contributed by atoms with Crippen LogP contribution in [-0.2, 0) is 24.0 Å². The molecule has 0 spiro atoms. The lowest BCUT2D eigenvalue weighted by molar-refractivity contribution is -0.236. The molecule has 1 aromatic carbocycles. The minimum atomic E-state index is -2.37. The number of carbonyl (C=O) groups excluding carboxylic acids is 4. The molecule has 4 N–H and O–H groups in total. The Bertz CT molecular complexity index is 1260. The Morgan fingerprint density at radius 1 is 1.07 bits per heavy atom. The molecule has 2 atom stereocenters. The van der Waals surface area contributed by atoms with Gasteiger partial charge in [-0.1, -0.05) is 33.1 Å². The van der Waals surface area contributed by atoms with Crippen LogP contribution in [0.3, 0.4) is 0 Å². The number of benzene rings is 1. The van der Waals surface area contributed by atoms with E-state index in [0.717, 1.165) is 24.3 Å². The van der Waals surface area contributed by atoms with Crippen molar-refractivity contribution in [2.75, 3.05) is 20.1 Å². The summed E-state index contributed by atoms with van der Waals surface area (Å²) < 4.78 is 16.3. The van der Waals surface area contributed by atoms with Gasteiger partial charge in [-0.2, -0.15) is 0 Å². The monoisotopic (exact) mass is 651 g/mol. The second-order valence-corrected chi connectivity index (χ2v) is 12.4. The minimum Gasteiger partial charge on any atom is -0.494 e. The molecule has 2 rings (SSSR count). The number of hydrogen-bond donors (Lipinski definition) is 4. The average Bonchev–Trinajstić information content (AvgIpc) is 3.50. The van der Waals surface area contributed by atoms with E-state index in [4.69, 9.17) is 18.7 Å². The molecule has 14 heteroatoms. The number of amides is 3. The number of unbranched alkanes of at least 4 members (excludes halogenated alkanes) is 2. The molecule has 2 aromatic rings. The van der Waals surface area contributed by atoms with Gasteiger partial charge < -0.3 is 34.3 Å². The summed E-state index contributed by atoms with van der Waals surface area (Å²) in [5.74, 6) is -1.40. The zero-order valence-corrected chi connectivity index (χ0v) is 27.7. The van der Waals surface area contributed by atoms with Crippen LogP contribution in [0.15, 0.2) is 34.7 Å². The summed E-state index contributed by atoms with van der Waals surface area (Å²) in [5.41, 5.74) is -0.249. The van der Waals surface area contributed by atoms with E-state index < -0.39 is 44.4 Å². The fourth-order valence-corrected chi connectivity index (χ4v) is 4.95. The molecule has 0 aliphatic rings. The summed E-state index contributed by atoms with van der Waals surface area (Å²) in [6, 6.07) is 7.12. The van der Waals surface area contributed by atoms with Crippen LogP contribution in [0.2, 0.25) is 0 Å². The topological polar surface area (TPSA) is 177 Å². The summed E-state index contributed by atoms with van der Waals surface area (Å²) in [6.07, 6.45) is 3.87. The molecule has 0 saturated heterocycles. The molecule has 0 aliphatic heterocycles. The number of hydrogen-bond acceptors (Lipinski definition) is 10. The van der Waals surface area contributed by atoms with Crippen LogP contribution in [0.4, 0.5) is 0 Å². The summed E-state index contributed by atoms with van der Waals surface area (Å²) in [6.45, 7) is 10.4. The first kappa shape index (κ1) is 37.7. The lowest BCUT2D eigenvalue weighted by atomic mass is 9.90. The van der Waals surface area contributed by atoms with Gasteiger partial charge in [0, 0.05) is 10.9 Å². The van der Waals surface area contributed by atoms with Crippen molar-refractivity contribution >= 4 is 37.9 Å². The number of esters is 1. The predicted octanol–water partition coefficient (Wildman–Crippen LogP) is 3.98. The molecular weight excluding hydrogens is 605 g/mol. The summed E-state index contributed by atoms with van der Waals surface area (Å²) in [7, 11) is -2.37. The Labute approximate surface area is 265 Å². The minimum absolute atomic E-state index is 0.0193. The first-order valence-corrected chi connectivity index (χ1v) is 16.3. The number of hydroxylamine groups is 2. The molecular formula is C31H46N3O10P. The zero-order valence-electron chi connectivity index (χ0n) is 26.8. The number of furan rings is 1. The van der Waals surface area contributed by atoms with E-state index in [1.807, 2.05) is 13.8 Å². The molecule has 0 radical (unpaired) electrons. The van der Waals surface area contributed by atoms with Gasteiger partial charge in [0.2, 0.25) is 19.1 Å². The maximum absolute atomic E-state index is 13.3. The highest BCUT2D eigenvalue weighted by molar-refractivity contribution is 7.54. The average molecular weight is 652 g/mol. The Morgan fingerprint density at radius 2 is 1.80 bits per heavy atom. The van der Waals surface area contributed by atoms with E-state index in [0.29, 0.717) is 42.9 Å². The second-order valence-electron chi connectivity index (χ2n) is 11.3. The van der Waals surface area contributed by atoms with E-state index in [1.54, 1.807) is 45.9 Å². The van der Waals surface area contributed by atoms with Gasteiger partial charge in [0.1, 0.15) is 11.5 Å². The maximum Gasteiger partial charge on any atom is 0.313 e. The van der Waals surface area contributed by atoms with Crippen molar-refractivity contribution < 1.29 is 47.7 Å². The van der Waals surface area contributed by atoms with Crippen LogP contribution in [-0.4, -0.2) is 65.2 Å². The lowest BCUT2D eigenvalue weighted by Crippen LogP contribution is -2.48. The van der Waals surface area contributed by atoms with E-state index in [2.05, 4.69) is 10.6 Å². The molecule has 13 nitrogen and oxygen atoms in total. The van der Waals surface area contributed by atoms with Crippen molar-refractivity contribution in [2.24, 2.45) is 11.3 Å². The van der Waals surface area contributed by atoms with Crippen molar-refractivity contribution in [3.63, 3.8) is 0 Å². The number of nitrogens with zero attached hydrogens (tertiary/aromatic N) is 1. The molecule has 2 unspecified atom stereocenters. The quantitative estimate of drug-likeness (QED) is 0.0434. The molecule has 3 amide bonds. The van der Waals surface area contributed by atoms with E-state index in [9.17, 15) is 29.0 Å². The van der Waals surface area contributed by atoms with E-state index in [-0.39, 0.29) is 23.6 Å². The number of ether oxygens (including phenoxy) is 2. The van der Waals surface area contributed by atoms with Gasteiger partial charge in [0.25, 0.3) is 5.91 Å². The summed E-state index contributed by atoms with van der Waals surface area (Å²) in [5, 5.41) is 6.59. The normalized spacial score (nSPS) is 12.7. The number of nitrogens with one attached hydrogen (secondary N) is 2. The third-order valence-corrected chi connectivity index (χ3v) is 7.55. The van der Waals surface area contributed by atoms with Crippen LogP contribution in [0, 0.1) is 11.3 Å². The van der Waals surface area contributed by atoms with Crippen molar-refractivity contribution in [1.29, 1.82) is 0 Å². The summed E-state index contributed by atoms with van der Waals surface area (Å²) >= 11 is 0. The van der Waals surface area contributed by atoms with Gasteiger partial charge in [-0.3, -0.25) is 19.2 Å². The molecule has 0 saturated carbocycles. The van der Waals surface area contributed by atoms with Gasteiger partial charge in [-0.05, 0) is 70.9 Å². The van der Waals surface area contributed by atoms with Crippen molar-refractivity contribution in [3.8, 4) is 17.1 Å². The Kier molecular flexibility index (Phi) is 15.5. The van der Waals surface area contributed by atoms with Gasteiger partial charge in [0.15, 0.2) is 14.1 Å². The van der Waals surface area contributed by atoms with Crippen LogP contribution >= 0.6 is 8.38 Å². The van der Waals surface area contributed by atoms with Crippen molar-refractivity contribution in [3.05, 3.63) is 36.1 Å². The SMILES string of the molecule is CCCCCC(C(=O)NCNC(=O)c1ccc(-c2cc(OCC)cc(P(O)O)c2)o1)C(CC)N(C=O)OCOC(=O)C(C)(C)C. The Morgan fingerprint density at radius 3 is 2.40 bits per heavy atom. The largest absolute Gasteiger partial charge is 0.494 e. The number of rotatable bonds is 19. The molecule has 0 aliphatic carbocycles. The summed E-state index contributed by atoms with van der Waals surface area (Å²) in [4.78, 5) is 75.0. The van der Waals surface area contributed by atoms with E-state index >= 15 is 0 Å². The van der Waals surface area contributed by atoms with Gasteiger partial charge >= 0.3 is 5.97 Å². The van der Waals surface area contributed by atoms with Crippen LogP contribution in [0.25, 0.3) is 11.3 Å². The van der Waals surface area contributed by atoms with Crippen molar-refractivity contribution in [1.82, 2.24) is 15.7 Å². The first-order valence-electron chi connectivity index (χ1n) is 15.0. The predicted molar refractivity (Wildman–Crippen MR) is 168 cm³/mol. The molecule has 0 bridgehead atoms. The van der Waals surface area contributed by atoms with Crippen molar-refractivity contribution in [2.45, 2.75) is 79.7 Å². The zero-order chi connectivity index (χ0) is 33.6. The molecule has 1 heterocycles. The molecule has 250 valence electrons. The molecule has 1 aromatic heterocycles. The third-order valence-electron chi connectivity index (χ3n) is 6.83. The standard InChI is InChI=1S/C31H46N3O10P/c1-7-10-11-12-24(25(8-2)34(19-35)43-20-42-30(38)31(4,5)6)28(36)32-18-33-29(37)27-14-13-26(44-27)21-15-22(41-9-3)17-23(16-21)45(39)40/h13-17,19,24-25,39-40H,7-12,18,20H2,1-6H3,(H,32,36)(H,33,37). The fraction of sp³-hybridized carbons (Fsp3) is 0.548. The highest BCUT2D eigenvalue weighted by atomic mass is 31.2. The smallest absolute Gasteiger partial charge is 0.313 e. The Hall–Kier alpha value is -3.51. The van der Waals surface area contributed by atoms with Gasteiger partial charge in [0.05, 0.1) is 30.7 Å². The van der Waals surface area contributed by atoms with Crippen LogP contribution in [0.1, 0.15) is 84.2 Å². The Balaban J connectivity index is 2.07. The maximum atomic E-state index is 13.3. The first-order chi connectivity index (χ1) is 21.4. The fourth-order valence-electron chi connectivity index (χ4n) is 4.45. The third kappa shape index (κ3) is 11.7.